The average Bonchev–Trinajstić information content (AvgIpc) is 3.44. The van der Waals surface area contributed by atoms with Crippen molar-refractivity contribution in [2.75, 3.05) is 18.4 Å². The Hall–Kier alpha value is -3.44. The highest BCUT2D eigenvalue weighted by molar-refractivity contribution is 7.17. The van der Waals surface area contributed by atoms with Gasteiger partial charge in [-0.25, -0.2) is 9.82 Å². The number of fused-ring (bicyclic) bond motifs is 1. The van der Waals surface area contributed by atoms with Gasteiger partial charge >= 0.3 is 0 Å². The summed E-state index contributed by atoms with van der Waals surface area (Å²) in [5, 5.41) is 27.0. The fourth-order valence-electron chi connectivity index (χ4n) is 4.74. The molecular formula is C29H33FN4O4S. The molecule has 10 heteroatoms. The second-order valence-corrected chi connectivity index (χ2v) is 11.0. The van der Waals surface area contributed by atoms with E-state index in [0.717, 1.165) is 35.3 Å². The number of hydrogen-bond acceptors (Lipinski definition) is 7. The molecule has 3 aromatic rings. The first-order valence-corrected chi connectivity index (χ1v) is 13.7. The summed E-state index contributed by atoms with van der Waals surface area (Å²) in [7, 11) is 0. The highest BCUT2D eigenvalue weighted by Crippen LogP contribution is 2.39. The normalized spacial score (nSPS) is 14.4. The molecule has 0 saturated heterocycles. The molecule has 1 aliphatic carbocycles. The molecule has 0 bridgehead atoms. The summed E-state index contributed by atoms with van der Waals surface area (Å²) >= 11 is 1.40. The molecule has 0 saturated carbocycles. The van der Waals surface area contributed by atoms with Gasteiger partial charge in [0.15, 0.2) is 0 Å². The van der Waals surface area contributed by atoms with Crippen molar-refractivity contribution in [3.05, 3.63) is 87.0 Å². The van der Waals surface area contributed by atoms with Gasteiger partial charge < -0.3 is 15.5 Å². The van der Waals surface area contributed by atoms with E-state index in [4.69, 9.17) is 0 Å². The molecule has 0 aliphatic heterocycles. The van der Waals surface area contributed by atoms with Crippen molar-refractivity contribution in [3.8, 4) is 0 Å². The highest BCUT2D eigenvalue weighted by Gasteiger charge is 2.27. The van der Waals surface area contributed by atoms with Crippen molar-refractivity contribution in [2.24, 2.45) is 5.10 Å². The number of amides is 2. The van der Waals surface area contributed by atoms with Gasteiger partial charge in [0.05, 0.1) is 24.0 Å². The molecular weight excluding hydrogens is 519 g/mol. The highest BCUT2D eigenvalue weighted by atomic mass is 32.1. The number of hydrazone groups is 1. The Morgan fingerprint density at radius 2 is 1.82 bits per heavy atom. The Kier molecular flexibility index (Phi) is 9.58. The molecule has 2 unspecified atom stereocenters. The van der Waals surface area contributed by atoms with Crippen molar-refractivity contribution < 1.29 is 24.2 Å². The zero-order valence-corrected chi connectivity index (χ0v) is 22.8. The van der Waals surface area contributed by atoms with Crippen LogP contribution in [0.5, 0.6) is 0 Å². The number of carbonyl (C=O) groups is 2. The quantitative estimate of drug-likeness (QED) is 0.212. The lowest BCUT2D eigenvalue weighted by Crippen LogP contribution is -2.35. The monoisotopic (exact) mass is 552 g/mol. The molecule has 1 heterocycles. The van der Waals surface area contributed by atoms with Gasteiger partial charge in [-0.1, -0.05) is 24.3 Å². The van der Waals surface area contributed by atoms with Crippen molar-refractivity contribution in [1.29, 1.82) is 0 Å². The van der Waals surface area contributed by atoms with Crippen molar-refractivity contribution in [2.45, 2.75) is 51.9 Å². The lowest BCUT2D eigenvalue weighted by atomic mass is 10.1. The molecule has 0 radical (unpaired) electrons. The third-order valence-electron chi connectivity index (χ3n) is 6.24. The number of thiophene rings is 1. The zero-order chi connectivity index (χ0) is 27.9. The number of aryl methyl sites for hydroxylation is 1. The number of nitrogens with one attached hydrogen (secondary N) is 2. The molecule has 1 aromatic heterocycles. The Morgan fingerprint density at radius 3 is 2.54 bits per heavy atom. The Morgan fingerprint density at radius 1 is 1.08 bits per heavy atom. The van der Waals surface area contributed by atoms with E-state index in [1.165, 1.54) is 29.7 Å². The van der Waals surface area contributed by atoms with Crippen LogP contribution in [0, 0.1) is 5.82 Å². The maximum Gasteiger partial charge on any atom is 0.274 e. The van der Waals surface area contributed by atoms with E-state index in [-0.39, 0.29) is 5.91 Å². The van der Waals surface area contributed by atoms with Crippen LogP contribution in [0.3, 0.4) is 0 Å². The standard InChI is InChI=1S/C29H33FN4O4S/c1-18(35)15-34(16-19(2)36)17-21-7-3-8-22(12-21)27(37)32-29-26(24-10-5-11-25(24)39-29)28(38)33-31-14-20-6-4-9-23(30)13-20/h3-4,6-9,12-14,18-19,35-36H,5,10-11,15-17H2,1-2H3,(H,32,37)(H,33,38). The van der Waals surface area contributed by atoms with Crippen LogP contribution in [-0.4, -0.2) is 58.4 Å². The van der Waals surface area contributed by atoms with E-state index in [0.29, 0.717) is 41.3 Å². The summed E-state index contributed by atoms with van der Waals surface area (Å²) in [6.45, 7) is 4.63. The molecule has 206 valence electrons. The van der Waals surface area contributed by atoms with E-state index in [9.17, 15) is 24.2 Å². The van der Waals surface area contributed by atoms with Crippen LogP contribution in [0.25, 0.3) is 0 Å². The molecule has 2 atom stereocenters. The van der Waals surface area contributed by atoms with Crippen molar-refractivity contribution >= 4 is 34.4 Å². The summed E-state index contributed by atoms with van der Waals surface area (Å²) in [5.74, 6) is -1.17. The van der Waals surface area contributed by atoms with Crippen LogP contribution < -0.4 is 10.7 Å². The predicted molar refractivity (Wildman–Crippen MR) is 151 cm³/mol. The predicted octanol–water partition coefficient (Wildman–Crippen LogP) is 3.96. The summed E-state index contributed by atoms with van der Waals surface area (Å²) in [4.78, 5) is 29.4. The number of nitrogens with zero attached hydrogens (tertiary/aromatic N) is 2. The zero-order valence-electron chi connectivity index (χ0n) is 22.0. The van der Waals surface area contributed by atoms with E-state index in [1.807, 2.05) is 11.0 Å². The lowest BCUT2D eigenvalue weighted by molar-refractivity contribution is 0.0793. The number of aliphatic hydroxyl groups excluding tert-OH is 2. The second-order valence-electron chi connectivity index (χ2n) is 9.86. The van der Waals surface area contributed by atoms with Crippen LogP contribution in [0.2, 0.25) is 0 Å². The number of anilines is 1. The lowest BCUT2D eigenvalue weighted by Gasteiger charge is -2.25. The third kappa shape index (κ3) is 7.79. The number of carbonyl (C=O) groups excluding carboxylic acids is 2. The largest absolute Gasteiger partial charge is 0.392 e. The van der Waals surface area contributed by atoms with Crippen LogP contribution in [0.15, 0.2) is 53.6 Å². The molecule has 1 aliphatic rings. The maximum atomic E-state index is 13.4. The molecule has 2 aromatic carbocycles. The van der Waals surface area contributed by atoms with Gasteiger partial charge in [0.25, 0.3) is 11.8 Å². The summed E-state index contributed by atoms with van der Waals surface area (Å²) in [5.41, 5.74) is 5.66. The molecule has 0 fully saturated rings. The minimum atomic E-state index is -0.557. The Bertz CT molecular complexity index is 1340. The van der Waals surface area contributed by atoms with E-state index >= 15 is 0 Å². The van der Waals surface area contributed by atoms with E-state index < -0.39 is 23.9 Å². The molecule has 4 N–H and O–H groups in total. The van der Waals surface area contributed by atoms with Crippen LogP contribution in [-0.2, 0) is 19.4 Å². The van der Waals surface area contributed by atoms with Gasteiger partial charge in [-0.3, -0.25) is 14.5 Å². The minimum Gasteiger partial charge on any atom is -0.392 e. The van der Waals surface area contributed by atoms with Crippen molar-refractivity contribution in [1.82, 2.24) is 10.3 Å². The summed E-state index contributed by atoms with van der Waals surface area (Å²) in [6.07, 6.45) is 2.80. The fraction of sp³-hybridized carbons (Fsp3) is 0.345. The molecule has 39 heavy (non-hydrogen) atoms. The average molecular weight is 553 g/mol. The van der Waals surface area contributed by atoms with Crippen molar-refractivity contribution in [3.63, 3.8) is 0 Å². The van der Waals surface area contributed by atoms with Gasteiger partial charge in [0.2, 0.25) is 0 Å². The maximum absolute atomic E-state index is 13.4. The smallest absolute Gasteiger partial charge is 0.274 e. The number of aliphatic hydroxyl groups is 2. The van der Waals surface area contributed by atoms with Gasteiger partial charge in [-0.15, -0.1) is 11.3 Å². The van der Waals surface area contributed by atoms with E-state index in [1.54, 1.807) is 44.2 Å². The van der Waals surface area contributed by atoms with Gasteiger partial charge in [0.1, 0.15) is 10.8 Å². The SMILES string of the molecule is CC(O)CN(Cc1cccc(C(=O)Nc2sc3c(c2C(=O)NN=Cc2cccc(F)c2)CCC3)c1)CC(C)O. The minimum absolute atomic E-state index is 0.341. The first kappa shape index (κ1) is 28.6. The first-order valence-electron chi connectivity index (χ1n) is 12.9. The van der Waals surface area contributed by atoms with Gasteiger partial charge in [-0.2, -0.15) is 5.10 Å². The van der Waals surface area contributed by atoms with Crippen LogP contribution in [0.1, 0.15) is 62.6 Å². The molecule has 0 spiro atoms. The Balaban J connectivity index is 1.49. The topological polar surface area (TPSA) is 114 Å². The summed E-state index contributed by atoms with van der Waals surface area (Å²) < 4.78 is 13.4. The van der Waals surface area contributed by atoms with Gasteiger partial charge in [0, 0.05) is 30.1 Å². The van der Waals surface area contributed by atoms with Crippen LogP contribution in [0.4, 0.5) is 9.39 Å². The van der Waals surface area contributed by atoms with Gasteiger partial charge in [-0.05, 0) is 74.1 Å². The fourth-order valence-corrected chi connectivity index (χ4v) is 6.02. The number of benzene rings is 2. The molecule has 4 rings (SSSR count). The number of rotatable bonds is 11. The van der Waals surface area contributed by atoms with Crippen LogP contribution >= 0.6 is 11.3 Å². The number of halogens is 1. The first-order chi connectivity index (χ1) is 18.7. The third-order valence-corrected chi connectivity index (χ3v) is 7.45. The molecule has 2 amide bonds. The summed E-state index contributed by atoms with van der Waals surface area (Å²) in [6, 6.07) is 13.0. The number of hydrogen-bond donors (Lipinski definition) is 4. The Labute approximate surface area is 231 Å². The second kappa shape index (κ2) is 13.1. The molecule has 8 nitrogen and oxygen atoms in total. The van der Waals surface area contributed by atoms with E-state index in [2.05, 4.69) is 15.8 Å².